The first kappa shape index (κ1) is 24.2. The van der Waals surface area contributed by atoms with E-state index in [2.05, 4.69) is 12.2 Å². The lowest BCUT2D eigenvalue weighted by Gasteiger charge is -2.21. The molecule has 0 unspecified atom stereocenters. The van der Waals surface area contributed by atoms with Crippen molar-refractivity contribution in [3.63, 3.8) is 0 Å². The number of carbonyl (C=O) groups excluding carboxylic acids is 2. The summed E-state index contributed by atoms with van der Waals surface area (Å²) in [5, 5.41) is 2.76. The normalized spacial score (nSPS) is 10.5. The van der Waals surface area contributed by atoms with Crippen molar-refractivity contribution in [2.24, 2.45) is 0 Å². The Labute approximate surface area is 183 Å². The van der Waals surface area contributed by atoms with Gasteiger partial charge < -0.3 is 19.7 Å². The molecular weight excluding hydrogens is 399 g/mol. The average Bonchev–Trinajstić information content (AvgIpc) is 2.78. The first-order valence-electron chi connectivity index (χ1n) is 10.7. The van der Waals surface area contributed by atoms with E-state index in [4.69, 9.17) is 9.47 Å². The summed E-state index contributed by atoms with van der Waals surface area (Å²) in [6.45, 7) is 7.37. The zero-order valence-corrected chi connectivity index (χ0v) is 18.4. The Bertz CT molecular complexity index is 855. The second kappa shape index (κ2) is 12.6. The maximum Gasteiger partial charge on any atom is 0.254 e. The third-order valence-electron chi connectivity index (χ3n) is 4.65. The quantitative estimate of drug-likeness (QED) is 0.513. The lowest BCUT2D eigenvalue weighted by Crippen LogP contribution is -2.40. The van der Waals surface area contributed by atoms with Crippen molar-refractivity contribution >= 4 is 11.8 Å². The number of unbranched alkanes of at least 4 members (excludes halogenated alkanes) is 1. The molecule has 0 saturated heterocycles. The van der Waals surface area contributed by atoms with Gasteiger partial charge in [-0.05, 0) is 56.2 Å². The van der Waals surface area contributed by atoms with Gasteiger partial charge in [-0.25, -0.2) is 4.39 Å². The highest BCUT2D eigenvalue weighted by molar-refractivity contribution is 5.97. The summed E-state index contributed by atoms with van der Waals surface area (Å²) in [5.74, 6) is 0.240. The lowest BCUT2D eigenvalue weighted by molar-refractivity contribution is -0.121. The van der Waals surface area contributed by atoms with E-state index in [1.165, 1.54) is 17.0 Å². The molecule has 0 aliphatic carbocycles. The fourth-order valence-corrected chi connectivity index (χ4v) is 2.90. The summed E-state index contributed by atoms with van der Waals surface area (Å²) >= 11 is 0. The molecule has 0 saturated carbocycles. The SMILES string of the molecule is CCCCOc1ccc(C(=O)N(CC)CC(=O)NCc2ccc(F)cc2)cc1OCC. The molecule has 1 N–H and O–H groups in total. The predicted octanol–water partition coefficient (Wildman–Crippen LogP) is 4.18. The molecule has 31 heavy (non-hydrogen) atoms. The van der Waals surface area contributed by atoms with Gasteiger partial charge in [-0.3, -0.25) is 9.59 Å². The van der Waals surface area contributed by atoms with E-state index in [0.29, 0.717) is 36.8 Å². The minimum absolute atomic E-state index is 0.0742. The van der Waals surface area contributed by atoms with E-state index >= 15 is 0 Å². The molecule has 2 aromatic carbocycles. The van der Waals surface area contributed by atoms with Crippen LogP contribution in [-0.4, -0.2) is 43.0 Å². The van der Waals surface area contributed by atoms with Crippen LogP contribution in [0.2, 0.25) is 0 Å². The molecule has 0 aromatic heterocycles. The minimum Gasteiger partial charge on any atom is -0.490 e. The van der Waals surface area contributed by atoms with Crippen LogP contribution in [0.4, 0.5) is 4.39 Å². The van der Waals surface area contributed by atoms with E-state index in [0.717, 1.165) is 18.4 Å². The van der Waals surface area contributed by atoms with Crippen LogP contribution in [0, 0.1) is 5.82 Å². The molecule has 0 aliphatic heterocycles. The van der Waals surface area contributed by atoms with Crippen molar-refractivity contribution in [2.45, 2.75) is 40.2 Å². The van der Waals surface area contributed by atoms with Crippen molar-refractivity contribution in [2.75, 3.05) is 26.3 Å². The Morgan fingerprint density at radius 1 is 1.00 bits per heavy atom. The van der Waals surface area contributed by atoms with Crippen LogP contribution in [0.3, 0.4) is 0 Å². The Morgan fingerprint density at radius 3 is 2.39 bits per heavy atom. The van der Waals surface area contributed by atoms with E-state index in [-0.39, 0.29) is 30.7 Å². The van der Waals surface area contributed by atoms with E-state index < -0.39 is 0 Å². The van der Waals surface area contributed by atoms with Crippen molar-refractivity contribution in [3.8, 4) is 11.5 Å². The zero-order chi connectivity index (χ0) is 22.6. The van der Waals surface area contributed by atoms with Gasteiger partial charge in [0.2, 0.25) is 5.91 Å². The first-order valence-corrected chi connectivity index (χ1v) is 10.7. The molecule has 0 fully saturated rings. The minimum atomic E-state index is -0.328. The fourth-order valence-electron chi connectivity index (χ4n) is 2.90. The van der Waals surface area contributed by atoms with Gasteiger partial charge in [-0.15, -0.1) is 0 Å². The second-order valence-corrected chi connectivity index (χ2v) is 7.02. The molecule has 0 bridgehead atoms. The van der Waals surface area contributed by atoms with Crippen molar-refractivity contribution < 1.29 is 23.5 Å². The smallest absolute Gasteiger partial charge is 0.254 e. The van der Waals surface area contributed by atoms with Crippen molar-refractivity contribution in [3.05, 3.63) is 59.4 Å². The summed E-state index contributed by atoms with van der Waals surface area (Å²) in [5.41, 5.74) is 1.21. The Kier molecular flexibility index (Phi) is 9.81. The topological polar surface area (TPSA) is 67.9 Å². The van der Waals surface area contributed by atoms with Gasteiger partial charge >= 0.3 is 0 Å². The molecule has 0 atom stereocenters. The number of likely N-dealkylation sites (N-methyl/N-ethyl adjacent to an activating group) is 1. The summed E-state index contributed by atoms with van der Waals surface area (Å²) in [4.78, 5) is 26.8. The van der Waals surface area contributed by atoms with E-state index in [9.17, 15) is 14.0 Å². The number of benzene rings is 2. The van der Waals surface area contributed by atoms with Crippen LogP contribution < -0.4 is 14.8 Å². The van der Waals surface area contributed by atoms with Gasteiger partial charge in [0.1, 0.15) is 5.82 Å². The number of carbonyl (C=O) groups is 2. The third kappa shape index (κ3) is 7.59. The summed E-state index contributed by atoms with van der Waals surface area (Å²) in [6.07, 6.45) is 1.96. The monoisotopic (exact) mass is 430 g/mol. The van der Waals surface area contributed by atoms with Crippen LogP contribution in [0.5, 0.6) is 11.5 Å². The van der Waals surface area contributed by atoms with Crippen LogP contribution in [-0.2, 0) is 11.3 Å². The standard InChI is InChI=1S/C24H31FN2O4/c1-4-7-14-31-21-13-10-19(15-22(21)30-6-3)24(29)27(5-2)17-23(28)26-16-18-8-11-20(25)12-9-18/h8-13,15H,4-7,14,16-17H2,1-3H3,(H,26,28). The van der Waals surface area contributed by atoms with Crippen molar-refractivity contribution in [1.82, 2.24) is 10.2 Å². The highest BCUT2D eigenvalue weighted by atomic mass is 19.1. The first-order chi connectivity index (χ1) is 15.0. The zero-order valence-electron chi connectivity index (χ0n) is 18.4. The molecule has 2 amide bonds. The lowest BCUT2D eigenvalue weighted by atomic mass is 10.1. The summed E-state index contributed by atoms with van der Waals surface area (Å²) < 4.78 is 24.4. The average molecular weight is 431 g/mol. The van der Waals surface area contributed by atoms with Gasteiger partial charge in [0.25, 0.3) is 5.91 Å². The molecule has 2 rings (SSSR count). The van der Waals surface area contributed by atoms with Gasteiger partial charge in [0.15, 0.2) is 11.5 Å². The molecule has 0 spiro atoms. The number of nitrogens with one attached hydrogen (secondary N) is 1. The number of ether oxygens (including phenoxy) is 2. The predicted molar refractivity (Wildman–Crippen MR) is 118 cm³/mol. The maximum atomic E-state index is 13.0. The van der Waals surface area contributed by atoms with Crippen molar-refractivity contribution in [1.29, 1.82) is 0 Å². The van der Waals surface area contributed by atoms with E-state index in [1.54, 1.807) is 30.3 Å². The Hall–Kier alpha value is -3.09. The summed E-state index contributed by atoms with van der Waals surface area (Å²) in [7, 11) is 0. The number of hydrogen-bond donors (Lipinski definition) is 1. The molecule has 168 valence electrons. The number of hydrogen-bond acceptors (Lipinski definition) is 4. The van der Waals surface area contributed by atoms with Crippen LogP contribution in [0.25, 0.3) is 0 Å². The second-order valence-electron chi connectivity index (χ2n) is 7.02. The van der Waals surface area contributed by atoms with Crippen LogP contribution in [0.15, 0.2) is 42.5 Å². The number of halogens is 1. The molecule has 7 heteroatoms. The van der Waals surface area contributed by atoms with Gasteiger partial charge in [-0.1, -0.05) is 25.5 Å². The molecule has 0 aliphatic rings. The molecule has 0 heterocycles. The molecule has 2 aromatic rings. The van der Waals surface area contributed by atoms with Crippen LogP contribution >= 0.6 is 0 Å². The van der Waals surface area contributed by atoms with Crippen LogP contribution in [0.1, 0.15) is 49.5 Å². The largest absolute Gasteiger partial charge is 0.490 e. The third-order valence-corrected chi connectivity index (χ3v) is 4.65. The van der Waals surface area contributed by atoms with E-state index in [1.807, 2.05) is 13.8 Å². The fraction of sp³-hybridized carbons (Fsp3) is 0.417. The number of nitrogens with zero attached hydrogens (tertiary/aromatic N) is 1. The van der Waals surface area contributed by atoms with Gasteiger partial charge in [0.05, 0.1) is 19.8 Å². The Balaban J connectivity index is 2.01. The molecule has 0 radical (unpaired) electrons. The number of amides is 2. The maximum absolute atomic E-state index is 13.0. The molecule has 6 nitrogen and oxygen atoms in total. The van der Waals surface area contributed by atoms with Gasteiger partial charge in [0, 0.05) is 18.7 Å². The summed E-state index contributed by atoms with van der Waals surface area (Å²) in [6, 6.07) is 11.0. The molecular formula is C24H31FN2O4. The highest BCUT2D eigenvalue weighted by Gasteiger charge is 2.19. The van der Waals surface area contributed by atoms with Gasteiger partial charge in [-0.2, -0.15) is 0 Å². The number of rotatable bonds is 12. The Morgan fingerprint density at radius 2 is 1.74 bits per heavy atom. The highest BCUT2D eigenvalue weighted by Crippen LogP contribution is 2.29.